The fraction of sp³-hybridized carbons (Fsp3) is 0.211. The van der Waals surface area contributed by atoms with Crippen molar-refractivity contribution in [3.05, 3.63) is 46.0 Å². The minimum absolute atomic E-state index is 0.0380. The number of fused-ring (bicyclic) bond motifs is 2. The molecule has 3 rings (SSSR count). The molecular formula is C19H15O10S-. The number of aromatic hydroxyl groups is 2. The lowest BCUT2D eigenvalue weighted by Gasteiger charge is -2.24. The van der Waals surface area contributed by atoms with Crippen LogP contribution in [0.15, 0.2) is 18.2 Å². The zero-order valence-electron chi connectivity index (χ0n) is 15.7. The molecule has 0 spiro atoms. The number of carbonyl (C=O) groups excluding carboxylic acids is 3. The van der Waals surface area contributed by atoms with Gasteiger partial charge in [0.1, 0.15) is 17.2 Å². The zero-order chi connectivity index (χ0) is 22.4. The molecule has 0 bridgehead atoms. The molecule has 0 radical (unpaired) electrons. The van der Waals surface area contributed by atoms with E-state index in [4.69, 9.17) is 4.74 Å². The average Bonchev–Trinajstić information content (AvgIpc) is 2.63. The van der Waals surface area contributed by atoms with Crippen molar-refractivity contribution in [3.63, 3.8) is 0 Å². The Labute approximate surface area is 170 Å². The maximum Gasteiger partial charge on any atom is 0.262 e. The van der Waals surface area contributed by atoms with Crippen molar-refractivity contribution < 1.29 is 46.5 Å². The molecule has 0 unspecified atom stereocenters. The van der Waals surface area contributed by atoms with Crippen LogP contribution in [0.4, 0.5) is 0 Å². The molecule has 1 aliphatic carbocycles. The van der Waals surface area contributed by atoms with E-state index >= 15 is 0 Å². The molecule has 0 fully saturated rings. The van der Waals surface area contributed by atoms with Gasteiger partial charge in [0.2, 0.25) is 5.78 Å². The number of rotatable bonds is 6. The first kappa shape index (κ1) is 21.3. The molecule has 11 heteroatoms. The summed E-state index contributed by atoms with van der Waals surface area (Å²) in [6, 6.07) is 2.85. The van der Waals surface area contributed by atoms with E-state index in [9.17, 15) is 37.6 Å². The fourth-order valence-electron chi connectivity index (χ4n) is 3.30. The molecule has 0 saturated heterocycles. The quantitative estimate of drug-likeness (QED) is 0.330. The van der Waals surface area contributed by atoms with Crippen LogP contribution in [0.5, 0.6) is 23.0 Å². The van der Waals surface area contributed by atoms with E-state index in [1.165, 1.54) is 7.11 Å². The van der Waals surface area contributed by atoms with Crippen molar-refractivity contribution >= 4 is 27.7 Å². The predicted octanol–water partition coefficient (Wildman–Crippen LogP) is 1.70. The van der Waals surface area contributed by atoms with Crippen molar-refractivity contribution in [1.29, 1.82) is 0 Å². The zero-order valence-corrected chi connectivity index (χ0v) is 16.5. The summed E-state index contributed by atoms with van der Waals surface area (Å²) < 4.78 is 42.6. The first-order valence-electron chi connectivity index (χ1n) is 8.59. The standard InChI is InChI=1S/C19H16O10S/c1-3-4-10(20)15-13(29-30(25,26)27)7-12(22)16-17(15)18(23)9-5-8(28-2)6-11(21)14(9)19(16)24/h5-7,21-22H,3-4H2,1-2H3,(H,25,26,27)/p-1. The highest BCUT2D eigenvalue weighted by Gasteiger charge is 2.39. The van der Waals surface area contributed by atoms with Gasteiger partial charge in [-0.05, 0) is 12.5 Å². The number of hydrogen-bond donors (Lipinski definition) is 2. The SMILES string of the molecule is CCCC(=O)c1c(OS(=O)(=O)[O-])cc(O)c2c1C(=O)c1cc(OC)cc(O)c1C2=O. The molecule has 158 valence electrons. The number of benzene rings is 2. The molecule has 2 aromatic carbocycles. The number of methoxy groups -OCH3 is 1. The molecule has 0 saturated carbocycles. The highest BCUT2D eigenvalue weighted by atomic mass is 32.3. The van der Waals surface area contributed by atoms with E-state index in [1.807, 2.05) is 0 Å². The molecular weight excluding hydrogens is 420 g/mol. The first-order chi connectivity index (χ1) is 14.0. The van der Waals surface area contributed by atoms with Crippen molar-refractivity contribution in [2.24, 2.45) is 0 Å². The summed E-state index contributed by atoms with van der Waals surface area (Å²) in [4.78, 5) is 38.9. The summed E-state index contributed by atoms with van der Waals surface area (Å²) in [5.41, 5.74) is -2.57. The van der Waals surface area contributed by atoms with Crippen LogP contribution in [0.25, 0.3) is 0 Å². The van der Waals surface area contributed by atoms with Gasteiger partial charge in [-0.1, -0.05) is 6.92 Å². The monoisotopic (exact) mass is 435 g/mol. The third-order valence-electron chi connectivity index (χ3n) is 4.47. The lowest BCUT2D eigenvalue weighted by atomic mass is 9.79. The second-order valence-corrected chi connectivity index (χ2v) is 7.39. The maximum atomic E-state index is 13.2. The van der Waals surface area contributed by atoms with E-state index in [0.29, 0.717) is 12.5 Å². The third-order valence-corrected chi connectivity index (χ3v) is 4.85. The fourth-order valence-corrected chi connectivity index (χ4v) is 3.65. The number of hydrogen-bond acceptors (Lipinski definition) is 10. The molecule has 10 nitrogen and oxygen atoms in total. The Morgan fingerprint density at radius 3 is 2.23 bits per heavy atom. The Hall–Kier alpha value is -3.44. The van der Waals surface area contributed by atoms with Gasteiger partial charge < -0.3 is 23.7 Å². The van der Waals surface area contributed by atoms with Crippen molar-refractivity contribution in [1.82, 2.24) is 0 Å². The molecule has 0 aliphatic heterocycles. The lowest BCUT2D eigenvalue weighted by molar-refractivity contribution is 0.0952. The van der Waals surface area contributed by atoms with Gasteiger partial charge in [0.05, 0.1) is 29.4 Å². The van der Waals surface area contributed by atoms with Crippen molar-refractivity contribution in [2.45, 2.75) is 19.8 Å². The summed E-state index contributed by atoms with van der Waals surface area (Å²) in [6.07, 6.45) is 0.134. The molecule has 2 N–H and O–H groups in total. The van der Waals surface area contributed by atoms with Gasteiger partial charge in [-0.25, -0.2) is 8.42 Å². The molecule has 0 aromatic heterocycles. The molecule has 1 aliphatic rings. The Kier molecular flexibility index (Phi) is 5.27. The Balaban J connectivity index is 2.41. The van der Waals surface area contributed by atoms with Crippen LogP contribution in [-0.2, 0) is 10.4 Å². The van der Waals surface area contributed by atoms with E-state index in [1.54, 1.807) is 6.92 Å². The van der Waals surface area contributed by atoms with Crippen LogP contribution in [0, 0.1) is 0 Å². The predicted molar refractivity (Wildman–Crippen MR) is 99.2 cm³/mol. The largest absolute Gasteiger partial charge is 0.716 e. The van der Waals surface area contributed by atoms with Crippen LogP contribution in [0.2, 0.25) is 0 Å². The molecule has 0 heterocycles. The highest BCUT2D eigenvalue weighted by Crippen LogP contribution is 2.43. The maximum absolute atomic E-state index is 13.2. The van der Waals surface area contributed by atoms with E-state index in [0.717, 1.165) is 12.1 Å². The minimum Gasteiger partial charge on any atom is -0.716 e. The lowest BCUT2D eigenvalue weighted by Crippen LogP contribution is -2.25. The van der Waals surface area contributed by atoms with Gasteiger partial charge in [0.25, 0.3) is 10.4 Å². The Morgan fingerprint density at radius 1 is 1.03 bits per heavy atom. The van der Waals surface area contributed by atoms with Gasteiger partial charge in [0, 0.05) is 24.1 Å². The average molecular weight is 435 g/mol. The molecule has 2 aromatic rings. The van der Waals surface area contributed by atoms with Crippen LogP contribution in [-0.4, -0.2) is 47.6 Å². The van der Waals surface area contributed by atoms with Crippen molar-refractivity contribution in [2.75, 3.05) is 7.11 Å². The molecule has 30 heavy (non-hydrogen) atoms. The Morgan fingerprint density at radius 2 is 1.67 bits per heavy atom. The Bertz CT molecular complexity index is 1210. The van der Waals surface area contributed by atoms with Gasteiger partial charge in [-0.3, -0.25) is 14.4 Å². The smallest absolute Gasteiger partial charge is 0.262 e. The first-order valence-corrected chi connectivity index (χ1v) is 9.92. The molecule has 0 amide bonds. The van der Waals surface area contributed by atoms with Gasteiger partial charge in [0.15, 0.2) is 17.3 Å². The van der Waals surface area contributed by atoms with E-state index < -0.39 is 67.3 Å². The number of carbonyl (C=O) groups is 3. The van der Waals surface area contributed by atoms with Crippen LogP contribution < -0.4 is 8.92 Å². The summed E-state index contributed by atoms with van der Waals surface area (Å²) in [5.74, 6) is -5.01. The van der Waals surface area contributed by atoms with Gasteiger partial charge in [-0.2, -0.15) is 0 Å². The number of phenols is 2. The summed E-state index contributed by atoms with van der Waals surface area (Å²) >= 11 is 0. The number of ketones is 3. The van der Waals surface area contributed by atoms with E-state index in [2.05, 4.69) is 4.18 Å². The third kappa shape index (κ3) is 3.48. The molecule has 0 atom stereocenters. The number of ether oxygens (including phenoxy) is 1. The van der Waals surface area contributed by atoms with Crippen LogP contribution in [0.3, 0.4) is 0 Å². The highest BCUT2D eigenvalue weighted by molar-refractivity contribution is 7.81. The van der Waals surface area contributed by atoms with Gasteiger partial charge in [-0.15, -0.1) is 0 Å². The van der Waals surface area contributed by atoms with Crippen molar-refractivity contribution in [3.8, 4) is 23.0 Å². The van der Waals surface area contributed by atoms with E-state index in [-0.39, 0.29) is 17.7 Å². The normalized spacial score (nSPS) is 12.9. The number of Topliss-reactive ketones (excluding diaryl/α,β-unsaturated/α-hetero) is 1. The minimum atomic E-state index is -5.37. The second-order valence-electron chi connectivity index (χ2n) is 6.41. The number of phenolic OH excluding ortho intramolecular Hbond substituents is 2. The van der Waals surface area contributed by atoms with Crippen LogP contribution >= 0.6 is 0 Å². The summed E-state index contributed by atoms with van der Waals surface area (Å²) in [7, 11) is -4.11. The topological polar surface area (TPSA) is 167 Å². The summed E-state index contributed by atoms with van der Waals surface area (Å²) in [5, 5.41) is 20.5. The van der Waals surface area contributed by atoms with Crippen LogP contribution in [0.1, 0.15) is 62.0 Å². The second kappa shape index (κ2) is 7.43. The summed E-state index contributed by atoms with van der Waals surface area (Å²) in [6.45, 7) is 1.64. The van der Waals surface area contributed by atoms with Gasteiger partial charge >= 0.3 is 0 Å².